The highest BCUT2D eigenvalue weighted by molar-refractivity contribution is 7.98. The van der Waals surface area contributed by atoms with Gasteiger partial charge in [0.1, 0.15) is 11.4 Å². The van der Waals surface area contributed by atoms with Crippen LogP contribution in [-0.2, 0) is 11.3 Å². The lowest BCUT2D eigenvalue weighted by atomic mass is 10.1. The van der Waals surface area contributed by atoms with E-state index in [4.69, 9.17) is 32.7 Å². The molecule has 0 saturated heterocycles. The lowest BCUT2D eigenvalue weighted by molar-refractivity contribution is 0.0526. The summed E-state index contributed by atoms with van der Waals surface area (Å²) in [6, 6.07) is 9.97. The first kappa shape index (κ1) is 23.4. The van der Waals surface area contributed by atoms with Crippen LogP contribution in [0, 0.1) is 0 Å². The third kappa shape index (κ3) is 4.38. The molecule has 10 heteroatoms. The Kier molecular flexibility index (Phi) is 6.78. The van der Waals surface area contributed by atoms with Gasteiger partial charge in [0.2, 0.25) is 0 Å². The molecule has 170 valence electrons. The molecule has 1 amide bonds. The molecule has 0 bridgehead atoms. The van der Waals surface area contributed by atoms with Crippen molar-refractivity contribution < 1.29 is 19.1 Å². The van der Waals surface area contributed by atoms with Gasteiger partial charge in [0, 0.05) is 16.8 Å². The molecule has 0 fully saturated rings. The molecule has 1 aliphatic heterocycles. The fourth-order valence-corrected chi connectivity index (χ4v) is 4.44. The molecule has 0 radical (unpaired) electrons. The second kappa shape index (κ2) is 9.59. The summed E-state index contributed by atoms with van der Waals surface area (Å²) in [5.74, 6) is -0.223. The van der Waals surface area contributed by atoms with Gasteiger partial charge in [0.15, 0.2) is 5.16 Å². The van der Waals surface area contributed by atoms with Crippen molar-refractivity contribution in [2.45, 2.75) is 18.6 Å². The van der Waals surface area contributed by atoms with Crippen LogP contribution in [0.15, 0.2) is 41.6 Å². The van der Waals surface area contributed by atoms with Crippen LogP contribution in [0.2, 0.25) is 10.0 Å². The molecule has 3 aromatic rings. The molecule has 0 atom stereocenters. The molecule has 4 rings (SSSR count). The number of hydrogen-bond acceptors (Lipinski definition) is 7. The molecule has 2 aromatic carbocycles. The molecule has 0 saturated carbocycles. The van der Waals surface area contributed by atoms with Crippen molar-refractivity contribution in [1.82, 2.24) is 9.97 Å². The lowest BCUT2D eigenvalue weighted by Crippen LogP contribution is -2.23. The number of amides is 1. The number of thioether (sulfide) groups is 1. The van der Waals surface area contributed by atoms with Crippen LogP contribution in [-0.4, -0.2) is 41.8 Å². The Bertz CT molecular complexity index is 1250. The van der Waals surface area contributed by atoms with Gasteiger partial charge in [0.05, 0.1) is 41.6 Å². The summed E-state index contributed by atoms with van der Waals surface area (Å²) in [4.78, 5) is 35.9. The minimum atomic E-state index is -0.413. The number of carbonyl (C=O) groups is 2. The molecule has 1 aromatic heterocycles. The number of benzene rings is 2. The summed E-state index contributed by atoms with van der Waals surface area (Å²) in [7, 11) is 1.52. The van der Waals surface area contributed by atoms with Gasteiger partial charge >= 0.3 is 5.97 Å². The number of hydrogen-bond donors (Lipinski definition) is 0. The molecule has 1 aliphatic rings. The minimum Gasteiger partial charge on any atom is -0.495 e. The molecule has 0 N–H and O–H groups in total. The Labute approximate surface area is 205 Å². The summed E-state index contributed by atoms with van der Waals surface area (Å²) < 4.78 is 10.4. The first-order valence-corrected chi connectivity index (χ1v) is 11.9. The standard InChI is InChI=1S/C23H19Cl2N3O4S/c1-4-32-22(30)12-5-7-13(8-6-12)28-11-15-19(26-23(33-3)27-20(15)21(28)29)14-9-18(31-2)17(25)10-16(14)24/h5-10H,4,11H2,1-3H3. The normalized spacial score (nSPS) is 12.6. The fraction of sp³-hybridized carbons (Fsp3) is 0.217. The van der Waals surface area contributed by atoms with Gasteiger partial charge < -0.3 is 14.4 Å². The highest BCUT2D eigenvalue weighted by Crippen LogP contribution is 2.40. The fourth-order valence-electron chi connectivity index (χ4n) is 3.53. The first-order valence-electron chi connectivity index (χ1n) is 9.95. The molecule has 7 nitrogen and oxygen atoms in total. The number of nitrogens with zero attached hydrogens (tertiary/aromatic N) is 3. The third-order valence-corrected chi connectivity index (χ3v) is 6.28. The quantitative estimate of drug-likeness (QED) is 0.249. The van der Waals surface area contributed by atoms with E-state index in [1.165, 1.54) is 18.9 Å². The van der Waals surface area contributed by atoms with Gasteiger partial charge in [-0.3, -0.25) is 4.79 Å². The van der Waals surface area contributed by atoms with Crippen LogP contribution < -0.4 is 9.64 Å². The number of methoxy groups -OCH3 is 1. The predicted octanol–water partition coefficient (Wildman–Crippen LogP) is 5.52. The van der Waals surface area contributed by atoms with Crippen LogP contribution in [0.25, 0.3) is 11.3 Å². The summed E-state index contributed by atoms with van der Waals surface area (Å²) in [6.45, 7) is 2.28. The van der Waals surface area contributed by atoms with E-state index in [1.54, 1.807) is 48.2 Å². The van der Waals surface area contributed by atoms with Crippen molar-refractivity contribution in [1.29, 1.82) is 0 Å². The largest absolute Gasteiger partial charge is 0.495 e. The number of carbonyl (C=O) groups excluding carboxylic acids is 2. The average molecular weight is 504 g/mol. The smallest absolute Gasteiger partial charge is 0.338 e. The first-order chi connectivity index (χ1) is 15.9. The van der Waals surface area contributed by atoms with Crippen molar-refractivity contribution in [2.75, 3.05) is 24.9 Å². The van der Waals surface area contributed by atoms with Gasteiger partial charge in [-0.25, -0.2) is 14.8 Å². The van der Waals surface area contributed by atoms with Crippen LogP contribution in [0.4, 0.5) is 5.69 Å². The van der Waals surface area contributed by atoms with E-state index >= 15 is 0 Å². The van der Waals surface area contributed by atoms with E-state index in [-0.39, 0.29) is 19.1 Å². The second-order valence-electron chi connectivity index (χ2n) is 7.01. The Morgan fingerprint density at radius 3 is 2.45 bits per heavy atom. The topological polar surface area (TPSA) is 81.6 Å². The molecule has 0 unspecified atom stereocenters. The van der Waals surface area contributed by atoms with Crippen LogP contribution in [0.3, 0.4) is 0 Å². The number of aromatic nitrogens is 2. The van der Waals surface area contributed by atoms with Gasteiger partial charge in [0.25, 0.3) is 5.91 Å². The summed E-state index contributed by atoms with van der Waals surface area (Å²) in [6.07, 6.45) is 1.83. The van der Waals surface area contributed by atoms with Crippen LogP contribution in [0.5, 0.6) is 5.75 Å². The van der Waals surface area contributed by atoms with E-state index in [9.17, 15) is 9.59 Å². The molecule has 33 heavy (non-hydrogen) atoms. The minimum absolute atomic E-state index is 0.248. The van der Waals surface area contributed by atoms with Crippen molar-refractivity contribution in [3.63, 3.8) is 0 Å². The van der Waals surface area contributed by atoms with Crippen molar-refractivity contribution >= 4 is 52.5 Å². The van der Waals surface area contributed by atoms with E-state index < -0.39 is 5.97 Å². The Morgan fingerprint density at radius 1 is 1.12 bits per heavy atom. The maximum absolute atomic E-state index is 13.3. The number of esters is 1. The zero-order valence-electron chi connectivity index (χ0n) is 18.0. The van der Waals surface area contributed by atoms with Gasteiger partial charge in [-0.2, -0.15) is 0 Å². The Hall–Kier alpha value is -2.81. The molecular weight excluding hydrogens is 485 g/mol. The second-order valence-corrected chi connectivity index (χ2v) is 8.60. The summed E-state index contributed by atoms with van der Waals surface area (Å²) in [5, 5.41) is 1.21. The average Bonchev–Trinajstić information content (AvgIpc) is 3.15. The van der Waals surface area contributed by atoms with Crippen molar-refractivity contribution in [3.05, 3.63) is 63.3 Å². The molecule has 0 spiro atoms. The number of rotatable bonds is 6. The lowest BCUT2D eigenvalue weighted by Gasteiger charge is -2.16. The Morgan fingerprint density at radius 2 is 1.82 bits per heavy atom. The monoisotopic (exact) mass is 503 g/mol. The van der Waals surface area contributed by atoms with E-state index in [2.05, 4.69) is 9.97 Å². The zero-order valence-corrected chi connectivity index (χ0v) is 20.3. The van der Waals surface area contributed by atoms with E-state index in [0.717, 1.165) is 0 Å². The Balaban J connectivity index is 1.77. The highest BCUT2D eigenvalue weighted by Gasteiger charge is 2.34. The molecule has 2 heterocycles. The predicted molar refractivity (Wildman–Crippen MR) is 129 cm³/mol. The van der Waals surface area contributed by atoms with Crippen molar-refractivity contribution in [3.8, 4) is 17.0 Å². The van der Waals surface area contributed by atoms with Gasteiger partial charge in [-0.1, -0.05) is 35.0 Å². The summed E-state index contributed by atoms with van der Waals surface area (Å²) in [5.41, 5.74) is 3.14. The number of fused-ring (bicyclic) bond motifs is 1. The summed E-state index contributed by atoms with van der Waals surface area (Å²) >= 11 is 14.0. The zero-order chi connectivity index (χ0) is 23.7. The number of ether oxygens (including phenoxy) is 2. The molecule has 0 aliphatic carbocycles. The maximum atomic E-state index is 13.3. The van der Waals surface area contributed by atoms with Crippen molar-refractivity contribution in [2.24, 2.45) is 0 Å². The molecular formula is C23H19Cl2N3O4S. The third-order valence-electron chi connectivity index (χ3n) is 5.12. The highest BCUT2D eigenvalue weighted by atomic mass is 35.5. The van der Waals surface area contributed by atoms with Gasteiger partial charge in [-0.15, -0.1) is 0 Å². The van der Waals surface area contributed by atoms with Crippen LogP contribution in [0.1, 0.15) is 33.3 Å². The van der Waals surface area contributed by atoms with E-state index in [0.29, 0.717) is 54.7 Å². The SMILES string of the molecule is CCOC(=O)c1ccc(N2Cc3c(nc(SC)nc3-c3cc(OC)c(Cl)cc3Cl)C2=O)cc1. The van der Waals surface area contributed by atoms with Gasteiger partial charge in [-0.05, 0) is 49.6 Å². The van der Waals surface area contributed by atoms with E-state index in [1.807, 2.05) is 6.26 Å². The maximum Gasteiger partial charge on any atom is 0.338 e. The number of halogens is 2. The number of anilines is 1. The van der Waals surface area contributed by atoms with Crippen LogP contribution >= 0.6 is 35.0 Å².